The molecule has 2 aromatic rings. The molecule has 0 aliphatic carbocycles. The summed E-state index contributed by atoms with van der Waals surface area (Å²) in [5.74, 6) is 1.83. The first-order valence-electron chi connectivity index (χ1n) is 7.20. The van der Waals surface area contributed by atoms with Gasteiger partial charge in [0.2, 0.25) is 11.8 Å². The molecule has 1 atom stereocenters. The summed E-state index contributed by atoms with van der Waals surface area (Å²) >= 11 is 0. The molecule has 22 heavy (non-hydrogen) atoms. The summed E-state index contributed by atoms with van der Waals surface area (Å²) < 4.78 is 0. The van der Waals surface area contributed by atoms with E-state index in [-0.39, 0.29) is 30.7 Å². The fourth-order valence-corrected chi connectivity index (χ4v) is 2.84. The van der Waals surface area contributed by atoms with Crippen molar-refractivity contribution in [3.8, 4) is 12.3 Å². The van der Waals surface area contributed by atoms with Gasteiger partial charge in [0, 0.05) is 18.4 Å². The number of carbonyl (C=O) groups excluding carboxylic acids is 2. The monoisotopic (exact) mass is 292 g/mol. The molecule has 110 valence electrons. The van der Waals surface area contributed by atoms with Gasteiger partial charge in [-0.15, -0.1) is 6.42 Å². The molecule has 0 bridgehead atoms. The van der Waals surface area contributed by atoms with Gasteiger partial charge < -0.3 is 10.2 Å². The molecule has 1 fully saturated rings. The number of amides is 2. The Balaban J connectivity index is 1.87. The number of hydrogen-bond acceptors (Lipinski definition) is 2. The maximum Gasteiger partial charge on any atom is 0.227 e. The number of rotatable bonds is 3. The molecule has 1 heterocycles. The third-order valence-corrected chi connectivity index (χ3v) is 3.92. The second-order valence-electron chi connectivity index (χ2n) is 5.33. The standard InChI is InChI=1S/C18H16N2O2/c1-2-10-19-18(22)14-11-17(21)20(12-14)16-9-5-7-13-6-3-4-8-15(13)16/h1,3-9,14H,10-12H2,(H,19,22)/t14-/m0/s1. The van der Waals surface area contributed by atoms with Gasteiger partial charge in [0.1, 0.15) is 0 Å². The molecule has 1 saturated heterocycles. The van der Waals surface area contributed by atoms with Gasteiger partial charge in [0.25, 0.3) is 0 Å². The Morgan fingerprint density at radius 2 is 2.05 bits per heavy atom. The Morgan fingerprint density at radius 3 is 2.86 bits per heavy atom. The van der Waals surface area contributed by atoms with Gasteiger partial charge in [0.05, 0.1) is 18.2 Å². The quantitative estimate of drug-likeness (QED) is 0.879. The summed E-state index contributed by atoms with van der Waals surface area (Å²) in [5, 5.41) is 4.74. The molecule has 0 aromatic heterocycles. The van der Waals surface area contributed by atoms with E-state index in [2.05, 4.69) is 11.2 Å². The number of nitrogens with zero attached hydrogens (tertiary/aromatic N) is 1. The van der Waals surface area contributed by atoms with Crippen LogP contribution in [0.2, 0.25) is 0 Å². The van der Waals surface area contributed by atoms with Crippen LogP contribution in [0.3, 0.4) is 0 Å². The van der Waals surface area contributed by atoms with E-state index < -0.39 is 0 Å². The van der Waals surface area contributed by atoms with Crippen molar-refractivity contribution in [2.45, 2.75) is 6.42 Å². The van der Waals surface area contributed by atoms with Gasteiger partial charge in [-0.05, 0) is 11.5 Å². The molecule has 1 aliphatic rings. The van der Waals surface area contributed by atoms with Crippen molar-refractivity contribution in [3.05, 3.63) is 42.5 Å². The molecule has 3 rings (SSSR count). The molecule has 0 radical (unpaired) electrons. The second-order valence-corrected chi connectivity index (χ2v) is 5.33. The van der Waals surface area contributed by atoms with Crippen LogP contribution < -0.4 is 10.2 Å². The summed E-state index contributed by atoms with van der Waals surface area (Å²) in [5.41, 5.74) is 0.857. The van der Waals surface area contributed by atoms with Crippen LogP contribution in [0.15, 0.2) is 42.5 Å². The Labute approximate surface area is 129 Å². The number of fused-ring (bicyclic) bond motifs is 1. The number of terminal acetylenes is 1. The maximum atomic E-state index is 12.3. The van der Waals surface area contributed by atoms with E-state index in [9.17, 15) is 9.59 Å². The SMILES string of the molecule is C#CCNC(=O)[C@H]1CC(=O)N(c2cccc3ccccc23)C1. The lowest BCUT2D eigenvalue weighted by Gasteiger charge is -2.19. The van der Waals surface area contributed by atoms with E-state index >= 15 is 0 Å². The summed E-state index contributed by atoms with van der Waals surface area (Å²) in [6.45, 7) is 0.584. The summed E-state index contributed by atoms with van der Waals surface area (Å²) in [6, 6.07) is 13.8. The molecule has 2 amide bonds. The summed E-state index contributed by atoms with van der Waals surface area (Å²) in [4.78, 5) is 26.0. The van der Waals surface area contributed by atoms with Crippen LogP contribution in [0.4, 0.5) is 5.69 Å². The first-order chi connectivity index (χ1) is 10.7. The van der Waals surface area contributed by atoms with Crippen LogP contribution in [-0.4, -0.2) is 24.9 Å². The van der Waals surface area contributed by atoms with Crippen LogP contribution in [0.5, 0.6) is 0 Å². The molecule has 1 aliphatic heterocycles. The summed E-state index contributed by atoms with van der Waals surface area (Å²) in [7, 11) is 0. The fourth-order valence-electron chi connectivity index (χ4n) is 2.84. The molecule has 2 aromatic carbocycles. The molecule has 1 N–H and O–H groups in total. The first-order valence-corrected chi connectivity index (χ1v) is 7.20. The molecular formula is C18H16N2O2. The van der Waals surface area contributed by atoms with Crippen LogP contribution >= 0.6 is 0 Å². The molecular weight excluding hydrogens is 276 g/mol. The zero-order valence-corrected chi connectivity index (χ0v) is 12.1. The van der Waals surface area contributed by atoms with E-state index in [1.807, 2.05) is 42.5 Å². The van der Waals surface area contributed by atoms with E-state index in [1.54, 1.807) is 4.90 Å². The average Bonchev–Trinajstić information content (AvgIpc) is 2.94. The highest BCUT2D eigenvalue weighted by Crippen LogP contribution is 2.31. The van der Waals surface area contributed by atoms with E-state index in [4.69, 9.17) is 6.42 Å². The van der Waals surface area contributed by atoms with Crippen LogP contribution in [0.1, 0.15) is 6.42 Å². The lowest BCUT2D eigenvalue weighted by Crippen LogP contribution is -2.33. The molecule has 4 heteroatoms. The fraction of sp³-hybridized carbons (Fsp3) is 0.222. The Bertz CT molecular complexity index is 771. The van der Waals surface area contributed by atoms with Gasteiger partial charge in [-0.3, -0.25) is 9.59 Å². The normalized spacial score (nSPS) is 17.5. The zero-order valence-electron chi connectivity index (χ0n) is 12.1. The smallest absolute Gasteiger partial charge is 0.227 e. The van der Waals surface area contributed by atoms with Crippen LogP contribution in [-0.2, 0) is 9.59 Å². The van der Waals surface area contributed by atoms with E-state index in [1.165, 1.54) is 0 Å². The van der Waals surface area contributed by atoms with Crippen molar-refractivity contribution < 1.29 is 9.59 Å². The van der Waals surface area contributed by atoms with Crippen molar-refractivity contribution in [2.75, 3.05) is 18.0 Å². The van der Waals surface area contributed by atoms with Crippen molar-refractivity contribution in [3.63, 3.8) is 0 Å². The number of benzene rings is 2. The van der Waals surface area contributed by atoms with Gasteiger partial charge >= 0.3 is 0 Å². The first kappa shape index (κ1) is 14.2. The minimum atomic E-state index is -0.347. The summed E-state index contributed by atoms with van der Waals surface area (Å²) in [6.07, 6.45) is 5.36. The highest BCUT2D eigenvalue weighted by atomic mass is 16.2. The highest BCUT2D eigenvalue weighted by Gasteiger charge is 2.35. The maximum absolute atomic E-state index is 12.3. The van der Waals surface area contributed by atoms with Gasteiger partial charge in [0.15, 0.2) is 0 Å². The minimum absolute atomic E-state index is 0.0304. The number of hydrogen-bond donors (Lipinski definition) is 1. The van der Waals surface area contributed by atoms with Gasteiger partial charge in [-0.2, -0.15) is 0 Å². The molecule has 0 unspecified atom stereocenters. The lowest BCUT2D eigenvalue weighted by molar-refractivity contribution is -0.126. The van der Waals surface area contributed by atoms with Crippen molar-refractivity contribution in [1.82, 2.24) is 5.32 Å². The second kappa shape index (κ2) is 5.90. The highest BCUT2D eigenvalue weighted by molar-refractivity contribution is 6.06. The van der Waals surface area contributed by atoms with Crippen molar-refractivity contribution >= 4 is 28.3 Å². The average molecular weight is 292 g/mol. The largest absolute Gasteiger partial charge is 0.345 e. The van der Waals surface area contributed by atoms with Gasteiger partial charge in [-0.1, -0.05) is 42.3 Å². The zero-order chi connectivity index (χ0) is 15.5. The van der Waals surface area contributed by atoms with Crippen LogP contribution in [0, 0.1) is 18.3 Å². The number of anilines is 1. The predicted octanol–water partition coefficient (Wildman–Crippen LogP) is 1.94. The number of nitrogens with one attached hydrogen (secondary N) is 1. The Kier molecular flexibility index (Phi) is 3.80. The van der Waals surface area contributed by atoms with E-state index in [0.717, 1.165) is 16.5 Å². The predicted molar refractivity (Wildman–Crippen MR) is 86.3 cm³/mol. The van der Waals surface area contributed by atoms with E-state index in [0.29, 0.717) is 6.54 Å². The third kappa shape index (κ3) is 2.53. The molecule has 0 saturated carbocycles. The molecule has 0 spiro atoms. The Morgan fingerprint density at radius 1 is 1.27 bits per heavy atom. The van der Waals surface area contributed by atoms with Crippen LogP contribution in [0.25, 0.3) is 10.8 Å². The minimum Gasteiger partial charge on any atom is -0.345 e. The Hall–Kier alpha value is -2.80. The van der Waals surface area contributed by atoms with Crippen molar-refractivity contribution in [1.29, 1.82) is 0 Å². The van der Waals surface area contributed by atoms with Crippen molar-refractivity contribution in [2.24, 2.45) is 5.92 Å². The molecule has 4 nitrogen and oxygen atoms in total. The third-order valence-electron chi connectivity index (χ3n) is 3.92. The lowest BCUT2D eigenvalue weighted by atomic mass is 10.1. The topological polar surface area (TPSA) is 49.4 Å². The number of carbonyl (C=O) groups is 2. The van der Waals surface area contributed by atoms with Gasteiger partial charge in [-0.25, -0.2) is 0 Å².